The summed E-state index contributed by atoms with van der Waals surface area (Å²) in [5.74, 6) is 0.270. The molecule has 1 amide bonds. The van der Waals surface area contributed by atoms with Crippen molar-refractivity contribution in [1.82, 2.24) is 4.98 Å². The zero-order valence-electron chi connectivity index (χ0n) is 14.0. The van der Waals surface area contributed by atoms with Crippen LogP contribution in [0.25, 0.3) is 0 Å². The van der Waals surface area contributed by atoms with E-state index in [1.807, 2.05) is 38.2 Å². The molecular weight excluding hydrogens is 290 g/mol. The molecule has 1 heterocycles. The van der Waals surface area contributed by atoms with Gasteiger partial charge in [0.1, 0.15) is 0 Å². The van der Waals surface area contributed by atoms with E-state index in [-0.39, 0.29) is 5.91 Å². The number of ether oxygens (including phenoxy) is 1. The zero-order chi connectivity index (χ0) is 16.8. The molecule has 0 spiro atoms. The standard InChI is InChI=1S/C18H23N3O2/c1-5-23-17-11-14(9-10-19-17)18(22)20-15-7-6-8-16(12-15)21(4)13(2)3/h6-13H,5H2,1-4H3,(H,20,22). The van der Waals surface area contributed by atoms with Crippen LogP contribution < -0.4 is 15.0 Å². The van der Waals surface area contributed by atoms with Crippen molar-refractivity contribution in [3.63, 3.8) is 0 Å². The SMILES string of the molecule is CCOc1cc(C(=O)Nc2cccc(N(C)C(C)C)c2)ccn1. The first-order valence-electron chi connectivity index (χ1n) is 7.74. The molecule has 0 saturated carbocycles. The van der Waals surface area contributed by atoms with Gasteiger partial charge < -0.3 is 15.0 Å². The third kappa shape index (κ3) is 4.45. The zero-order valence-corrected chi connectivity index (χ0v) is 14.0. The van der Waals surface area contributed by atoms with Gasteiger partial charge in [0, 0.05) is 42.3 Å². The maximum Gasteiger partial charge on any atom is 0.255 e. The Bertz CT molecular complexity index is 671. The van der Waals surface area contributed by atoms with Crippen LogP contribution in [-0.4, -0.2) is 30.6 Å². The van der Waals surface area contributed by atoms with Gasteiger partial charge in [-0.3, -0.25) is 4.79 Å². The smallest absolute Gasteiger partial charge is 0.255 e. The van der Waals surface area contributed by atoms with Gasteiger partial charge in [0.25, 0.3) is 5.91 Å². The summed E-state index contributed by atoms with van der Waals surface area (Å²) in [5, 5.41) is 2.91. The highest BCUT2D eigenvalue weighted by atomic mass is 16.5. The third-order valence-corrected chi connectivity index (χ3v) is 3.58. The highest BCUT2D eigenvalue weighted by Gasteiger charge is 2.10. The fraction of sp³-hybridized carbons (Fsp3) is 0.333. The number of benzene rings is 1. The van der Waals surface area contributed by atoms with Crippen LogP contribution >= 0.6 is 0 Å². The summed E-state index contributed by atoms with van der Waals surface area (Å²) >= 11 is 0. The van der Waals surface area contributed by atoms with Crippen LogP contribution in [0, 0.1) is 0 Å². The molecule has 0 atom stereocenters. The first-order chi connectivity index (χ1) is 11.0. The number of hydrogen-bond acceptors (Lipinski definition) is 4. The first kappa shape index (κ1) is 16.8. The molecule has 0 radical (unpaired) electrons. The van der Waals surface area contributed by atoms with E-state index in [0.717, 1.165) is 11.4 Å². The summed E-state index contributed by atoms with van der Waals surface area (Å²) < 4.78 is 5.33. The van der Waals surface area contributed by atoms with Crippen LogP contribution in [0.5, 0.6) is 5.88 Å². The van der Waals surface area contributed by atoms with Gasteiger partial charge in [-0.25, -0.2) is 4.98 Å². The molecule has 0 unspecified atom stereocenters. The molecule has 5 heteroatoms. The fourth-order valence-corrected chi connectivity index (χ4v) is 2.08. The number of pyridine rings is 1. The highest BCUT2D eigenvalue weighted by Crippen LogP contribution is 2.21. The normalized spacial score (nSPS) is 10.5. The Kier molecular flexibility index (Phi) is 5.57. The summed E-state index contributed by atoms with van der Waals surface area (Å²) in [5.41, 5.74) is 2.34. The minimum absolute atomic E-state index is 0.183. The topological polar surface area (TPSA) is 54.5 Å². The lowest BCUT2D eigenvalue weighted by Gasteiger charge is -2.24. The van der Waals surface area contributed by atoms with E-state index < -0.39 is 0 Å². The van der Waals surface area contributed by atoms with Crippen LogP contribution in [0.3, 0.4) is 0 Å². The largest absolute Gasteiger partial charge is 0.478 e. The lowest BCUT2D eigenvalue weighted by Crippen LogP contribution is -2.25. The lowest BCUT2D eigenvalue weighted by molar-refractivity contribution is 0.102. The monoisotopic (exact) mass is 313 g/mol. The van der Waals surface area contributed by atoms with Crippen molar-refractivity contribution in [1.29, 1.82) is 0 Å². The molecule has 1 aromatic heterocycles. The van der Waals surface area contributed by atoms with E-state index in [1.165, 1.54) is 0 Å². The van der Waals surface area contributed by atoms with E-state index >= 15 is 0 Å². The third-order valence-electron chi connectivity index (χ3n) is 3.58. The van der Waals surface area contributed by atoms with Crippen LogP contribution in [0.4, 0.5) is 11.4 Å². The second kappa shape index (κ2) is 7.63. The Hall–Kier alpha value is -2.56. The van der Waals surface area contributed by atoms with Gasteiger partial charge in [-0.15, -0.1) is 0 Å². The molecule has 2 aromatic rings. The Labute approximate surface area is 137 Å². The van der Waals surface area contributed by atoms with Gasteiger partial charge in [-0.05, 0) is 45.0 Å². The Morgan fingerprint density at radius 1 is 1.30 bits per heavy atom. The van der Waals surface area contributed by atoms with Gasteiger partial charge in [-0.2, -0.15) is 0 Å². The number of rotatable bonds is 6. The maximum absolute atomic E-state index is 12.4. The van der Waals surface area contributed by atoms with Crippen molar-refractivity contribution in [3.05, 3.63) is 48.2 Å². The Balaban J connectivity index is 2.14. The molecule has 0 bridgehead atoms. The maximum atomic E-state index is 12.4. The van der Waals surface area contributed by atoms with Crippen LogP contribution in [0.2, 0.25) is 0 Å². The number of anilines is 2. The molecule has 23 heavy (non-hydrogen) atoms. The van der Waals surface area contributed by atoms with Crippen LogP contribution in [0.1, 0.15) is 31.1 Å². The minimum Gasteiger partial charge on any atom is -0.478 e. The van der Waals surface area contributed by atoms with Crippen LogP contribution in [0.15, 0.2) is 42.6 Å². The minimum atomic E-state index is -0.183. The Morgan fingerprint density at radius 2 is 2.09 bits per heavy atom. The van der Waals surface area contributed by atoms with Crippen molar-refractivity contribution in [2.45, 2.75) is 26.8 Å². The molecule has 0 fully saturated rings. The Morgan fingerprint density at radius 3 is 2.78 bits per heavy atom. The van der Waals surface area contributed by atoms with Crippen molar-refractivity contribution in [2.75, 3.05) is 23.9 Å². The van der Waals surface area contributed by atoms with Crippen LogP contribution in [-0.2, 0) is 0 Å². The van der Waals surface area contributed by atoms with E-state index in [0.29, 0.717) is 24.1 Å². The molecular formula is C18H23N3O2. The number of aromatic nitrogens is 1. The number of carbonyl (C=O) groups is 1. The molecule has 0 aliphatic carbocycles. The van der Waals surface area contributed by atoms with Gasteiger partial charge >= 0.3 is 0 Å². The molecule has 2 rings (SSSR count). The second-order valence-corrected chi connectivity index (χ2v) is 5.52. The fourth-order valence-electron chi connectivity index (χ4n) is 2.08. The molecule has 1 aromatic carbocycles. The summed E-state index contributed by atoms with van der Waals surface area (Å²) in [6.07, 6.45) is 1.57. The van der Waals surface area contributed by atoms with Crippen molar-refractivity contribution >= 4 is 17.3 Å². The quantitative estimate of drug-likeness (QED) is 0.885. The van der Waals surface area contributed by atoms with Gasteiger partial charge in [0.05, 0.1) is 6.61 Å². The predicted octanol–water partition coefficient (Wildman–Crippen LogP) is 3.58. The lowest BCUT2D eigenvalue weighted by atomic mass is 10.2. The molecule has 1 N–H and O–H groups in total. The second-order valence-electron chi connectivity index (χ2n) is 5.52. The summed E-state index contributed by atoms with van der Waals surface area (Å²) in [6.45, 7) is 6.64. The highest BCUT2D eigenvalue weighted by molar-refractivity contribution is 6.04. The molecule has 122 valence electrons. The van der Waals surface area contributed by atoms with E-state index in [4.69, 9.17) is 4.74 Å². The molecule has 0 saturated heterocycles. The van der Waals surface area contributed by atoms with E-state index in [2.05, 4.69) is 29.0 Å². The molecule has 0 aliphatic heterocycles. The number of carbonyl (C=O) groups excluding carboxylic acids is 1. The predicted molar refractivity (Wildman–Crippen MR) is 93.3 cm³/mol. The summed E-state index contributed by atoms with van der Waals surface area (Å²) in [4.78, 5) is 18.6. The summed E-state index contributed by atoms with van der Waals surface area (Å²) in [6, 6.07) is 11.5. The average Bonchev–Trinajstić information content (AvgIpc) is 2.55. The number of nitrogens with one attached hydrogen (secondary N) is 1. The molecule has 0 aliphatic rings. The number of amides is 1. The number of hydrogen-bond donors (Lipinski definition) is 1. The van der Waals surface area contributed by atoms with Crippen molar-refractivity contribution in [3.8, 4) is 5.88 Å². The van der Waals surface area contributed by atoms with Gasteiger partial charge in [-0.1, -0.05) is 6.07 Å². The van der Waals surface area contributed by atoms with Crippen molar-refractivity contribution < 1.29 is 9.53 Å². The number of nitrogens with zero attached hydrogens (tertiary/aromatic N) is 2. The van der Waals surface area contributed by atoms with E-state index in [1.54, 1.807) is 18.3 Å². The van der Waals surface area contributed by atoms with E-state index in [9.17, 15) is 4.79 Å². The van der Waals surface area contributed by atoms with Crippen molar-refractivity contribution in [2.24, 2.45) is 0 Å². The van der Waals surface area contributed by atoms with Gasteiger partial charge in [0.15, 0.2) is 0 Å². The summed E-state index contributed by atoms with van der Waals surface area (Å²) in [7, 11) is 2.03. The average molecular weight is 313 g/mol. The van der Waals surface area contributed by atoms with Gasteiger partial charge in [0.2, 0.25) is 5.88 Å². The first-order valence-corrected chi connectivity index (χ1v) is 7.74. The molecule has 5 nitrogen and oxygen atoms in total.